The van der Waals surface area contributed by atoms with Gasteiger partial charge >= 0.3 is 5.97 Å². The molecule has 0 radical (unpaired) electrons. The van der Waals surface area contributed by atoms with Crippen LogP contribution in [-0.2, 0) is 9.53 Å². The summed E-state index contributed by atoms with van der Waals surface area (Å²) < 4.78 is 5.12. The highest BCUT2D eigenvalue weighted by molar-refractivity contribution is 5.99. The third-order valence-electron chi connectivity index (χ3n) is 4.13. The van der Waals surface area contributed by atoms with Crippen LogP contribution in [0.4, 0.5) is 17.1 Å². The second-order valence-corrected chi connectivity index (χ2v) is 6.13. The molecule has 0 aliphatic heterocycles. The summed E-state index contributed by atoms with van der Waals surface area (Å²) in [6.07, 6.45) is -1.10. The molecule has 0 aliphatic rings. The Kier molecular flexibility index (Phi) is 5.21. The molecule has 3 N–H and O–H groups in total. The van der Waals surface area contributed by atoms with Crippen molar-refractivity contribution in [3.63, 3.8) is 0 Å². The van der Waals surface area contributed by atoms with Crippen molar-refractivity contribution in [1.82, 2.24) is 0 Å². The highest BCUT2D eigenvalue weighted by atomic mass is 16.6. The van der Waals surface area contributed by atoms with E-state index in [-0.39, 0.29) is 11.3 Å². The number of nitro groups is 1. The number of rotatable bonds is 5. The van der Waals surface area contributed by atoms with Gasteiger partial charge in [-0.2, -0.15) is 0 Å². The molecular formula is C20H17N3O5. The van der Waals surface area contributed by atoms with Gasteiger partial charge in [-0.25, -0.2) is 4.79 Å². The maximum absolute atomic E-state index is 12.3. The Hall–Kier alpha value is -3.94. The van der Waals surface area contributed by atoms with Crippen LogP contribution in [-0.4, -0.2) is 22.9 Å². The van der Waals surface area contributed by atoms with Gasteiger partial charge in [-0.05, 0) is 42.0 Å². The highest BCUT2D eigenvalue weighted by Crippen LogP contribution is 2.23. The zero-order valence-corrected chi connectivity index (χ0v) is 14.9. The summed E-state index contributed by atoms with van der Waals surface area (Å²) in [7, 11) is 0. The molecule has 0 spiro atoms. The van der Waals surface area contributed by atoms with Crippen LogP contribution in [0.5, 0.6) is 0 Å². The standard InChI is InChI=1S/C20H17N3O5/c1-12(28-20(25)15-7-9-17(21)18(11-15)23(26)27)19(24)22-16-8-6-13-4-2-3-5-14(13)10-16/h2-12H,21H2,1H3,(H,22,24). The molecule has 3 rings (SSSR count). The topological polar surface area (TPSA) is 125 Å². The fourth-order valence-electron chi connectivity index (χ4n) is 2.62. The molecule has 1 unspecified atom stereocenters. The number of anilines is 2. The average molecular weight is 379 g/mol. The lowest BCUT2D eigenvalue weighted by atomic mass is 10.1. The van der Waals surface area contributed by atoms with Crippen LogP contribution >= 0.6 is 0 Å². The van der Waals surface area contributed by atoms with E-state index in [4.69, 9.17) is 10.5 Å². The number of benzene rings is 3. The maximum atomic E-state index is 12.3. The maximum Gasteiger partial charge on any atom is 0.339 e. The molecule has 3 aromatic carbocycles. The van der Waals surface area contributed by atoms with Crippen LogP contribution in [0.15, 0.2) is 60.7 Å². The summed E-state index contributed by atoms with van der Waals surface area (Å²) in [6, 6.07) is 16.7. The lowest BCUT2D eigenvalue weighted by molar-refractivity contribution is -0.383. The first kappa shape index (κ1) is 18.8. The van der Waals surface area contributed by atoms with E-state index in [2.05, 4.69) is 5.32 Å². The number of nitrogens with zero attached hydrogens (tertiary/aromatic N) is 1. The summed E-state index contributed by atoms with van der Waals surface area (Å²) >= 11 is 0. The monoisotopic (exact) mass is 379 g/mol. The lowest BCUT2D eigenvalue weighted by Crippen LogP contribution is -2.30. The molecule has 142 valence electrons. The molecular weight excluding hydrogens is 362 g/mol. The Morgan fingerprint density at radius 1 is 1.07 bits per heavy atom. The van der Waals surface area contributed by atoms with Gasteiger partial charge in [-0.3, -0.25) is 14.9 Å². The van der Waals surface area contributed by atoms with Crippen LogP contribution in [0.1, 0.15) is 17.3 Å². The smallest absolute Gasteiger partial charge is 0.339 e. The van der Waals surface area contributed by atoms with Gasteiger partial charge in [-0.1, -0.05) is 30.3 Å². The number of nitrogens with two attached hydrogens (primary N) is 1. The molecule has 28 heavy (non-hydrogen) atoms. The number of nitrogen functional groups attached to an aromatic ring is 1. The van der Waals surface area contributed by atoms with E-state index < -0.39 is 28.6 Å². The summed E-state index contributed by atoms with van der Waals surface area (Å²) in [5, 5.41) is 15.6. The van der Waals surface area contributed by atoms with Gasteiger partial charge in [0.15, 0.2) is 6.10 Å². The zero-order chi connectivity index (χ0) is 20.3. The van der Waals surface area contributed by atoms with E-state index in [0.29, 0.717) is 5.69 Å². The molecule has 3 aromatic rings. The van der Waals surface area contributed by atoms with E-state index in [1.807, 2.05) is 36.4 Å². The van der Waals surface area contributed by atoms with Crippen molar-refractivity contribution in [1.29, 1.82) is 0 Å². The minimum atomic E-state index is -1.10. The van der Waals surface area contributed by atoms with Crippen LogP contribution in [0.3, 0.4) is 0 Å². The quantitative estimate of drug-likeness (QED) is 0.302. The first-order chi connectivity index (χ1) is 13.3. The Bertz CT molecular complexity index is 1080. The van der Waals surface area contributed by atoms with Gasteiger partial charge in [-0.15, -0.1) is 0 Å². The van der Waals surface area contributed by atoms with Crippen molar-refractivity contribution >= 4 is 39.7 Å². The average Bonchev–Trinajstić information content (AvgIpc) is 2.67. The number of ether oxygens (including phenoxy) is 1. The fraction of sp³-hybridized carbons (Fsp3) is 0.100. The van der Waals surface area contributed by atoms with Gasteiger partial charge in [0.05, 0.1) is 10.5 Å². The summed E-state index contributed by atoms with van der Waals surface area (Å²) in [5.74, 6) is -1.38. The van der Waals surface area contributed by atoms with Gasteiger partial charge in [0, 0.05) is 11.8 Å². The second kappa shape index (κ2) is 7.75. The van der Waals surface area contributed by atoms with Crippen LogP contribution in [0.2, 0.25) is 0 Å². The number of esters is 1. The van der Waals surface area contributed by atoms with Gasteiger partial charge in [0.1, 0.15) is 5.69 Å². The first-order valence-electron chi connectivity index (χ1n) is 8.39. The number of fused-ring (bicyclic) bond motifs is 1. The van der Waals surface area contributed by atoms with Crippen molar-refractivity contribution in [3.8, 4) is 0 Å². The third kappa shape index (κ3) is 4.07. The number of hydrogen-bond acceptors (Lipinski definition) is 6. The molecule has 1 amide bonds. The molecule has 0 fully saturated rings. The minimum Gasteiger partial charge on any atom is -0.449 e. The van der Waals surface area contributed by atoms with Crippen molar-refractivity contribution in [3.05, 3.63) is 76.3 Å². The summed E-state index contributed by atoms with van der Waals surface area (Å²) in [6.45, 7) is 1.42. The Balaban J connectivity index is 1.68. The van der Waals surface area contributed by atoms with E-state index in [1.54, 1.807) is 6.07 Å². The largest absolute Gasteiger partial charge is 0.449 e. The van der Waals surface area contributed by atoms with Crippen molar-refractivity contribution in [2.24, 2.45) is 0 Å². The summed E-state index contributed by atoms with van der Waals surface area (Å²) in [5.41, 5.74) is 5.54. The Morgan fingerprint density at radius 2 is 1.79 bits per heavy atom. The SMILES string of the molecule is CC(OC(=O)c1ccc(N)c([N+](=O)[O-])c1)C(=O)Nc1ccc2ccccc2c1. The molecule has 8 heteroatoms. The molecule has 0 aliphatic carbocycles. The fourth-order valence-corrected chi connectivity index (χ4v) is 2.62. The van der Waals surface area contributed by atoms with Crippen molar-refractivity contribution in [2.45, 2.75) is 13.0 Å². The number of carbonyl (C=O) groups is 2. The molecule has 0 saturated heterocycles. The number of nitro benzene ring substituents is 1. The predicted octanol–water partition coefficient (Wildman–Crippen LogP) is 3.51. The second-order valence-electron chi connectivity index (χ2n) is 6.13. The van der Waals surface area contributed by atoms with E-state index >= 15 is 0 Å². The Labute approximate surface area is 160 Å². The van der Waals surface area contributed by atoms with Gasteiger partial charge in [0.2, 0.25) is 0 Å². The Morgan fingerprint density at radius 3 is 2.50 bits per heavy atom. The van der Waals surface area contributed by atoms with Crippen molar-refractivity contribution < 1.29 is 19.2 Å². The summed E-state index contributed by atoms with van der Waals surface area (Å²) in [4.78, 5) is 34.8. The number of carbonyl (C=O) groups excluding carboxylic acids is 2. The predicted molar refractivity (Wildman–Crippen MR) is 105 cm³/mol. The molecule has 1 atom stereocenters. The first-order valence-corrected chi connectivity index (χ1v) is 8.39. The molecule has 0 heterocycles. The van der Waals surface area contributed by atoms with E-state index in [9.17, 15) is 19.7 Å². The molecule has 0 bridgehead atoms. The van der Waals surface area contributed by atoms with Crippen molar-refractivity contribution in [2.75, 3.05) is 11.1 Å². The number of hydrogen-bond donors (Lipinski definition) is 2. The lowest BCUT2D eigenvalue weighted by Gasteiger charge is -2.14. The molecule has 0 aromatic heterocycles. The van der Waals surface area contributed by atoms with Gasteiger partial charge < -0.3 is 15.8 Å². The van der Waals surface area contributed by atoms with E-state index in [0.717, 1.165) is 16.8 Å². The minimum absolute atomic E-state index is 0.0637. The van der Waals surface area contributed by atoms with E-state index in [1.165, 1.54) is 19.1 Å². The molecule has 0 saturated carbocycles. The highest BCUT2D eigenvalue weighted by Gasteiger charge is 2.21. The van der Waals surface area contributed by atoms with Gasteiger partial charge in [0.25, 0.3) is 11.6 Å². The number of amides is 1. The normalized spacial score (nSPS) is 11.6. The molecule has 8 nitrogen and oxygen atoms in total. The van der Waals surface area contributed by atoms with Crippen LogP contribution in [0, 0.1) is 10.1 Å². The van der Waals surface area contributed by atoms with Crippen LogP contribution < -0.4 is 11.1 Å². The third-order valence-corrected chi connectivity index (χ3v) is 4.13. The number of nitrogens with one attached hydrogen (secondary N) is 1. The zero-order valence-electron chi connectivity index (χ0n) is 14.9. The van der Waals surface area contributed by atoms with Crippen LogP contribution in [0.25, 0.3) is 10.8 Å².